The SMILES string of the molecule is Cc1cccc(N(C)C(F)=S)c1. The molecular weight excluding hydrogens is 173 g/mol. The van der Waals surface area contributed by atoms with Gasteiger partial charge in [-0.05, 0) is 36.8 Å². The standard InChI is InChI=1S/C9H10FNS/c1-7-4-3-5-8(6-7)11(2)9(10)12/h3-6H,1-2H3. The van der Waals surface area contributed by atoms with Gasteiger partial charge in [0.2, 0.25) is 0 Å². The molecule has 0 amide bonds. The van der Waals surface area contributed by atoms with Gasteiger partial charge in [-0.25, -0.2) is 0 Å². The number of thiocarbonyl (C=S) groups is 1. The number of anilines is 1. The van der Waals surface area contributed by atoms with Crippen LogP contribution in [-0.2, 0) is 0 Å². The van der Waals surface area contributed by atoms with E-state index in [-0.39, 0.29) is 0 Å². The number of aryl methyl sites for hydroxylation is 1. The molecule has 0 unspecified atom stereocenters. The minimum atomic E-state index is -0.611. The molecule has 0 aliphatic rings. The first kappa shape index (κ1) is 9.13. The molecule has 1 aromatic carbocycles. The Morgan fingerprint density at radius 2 is 2.17 bits per heavy atom. The van der Waals surface area contributed by atoms with Crippen molar-refractivity contribution in [3.05, 3.63) is 29.8 Å². The predicted molar refractivity (Wildman–Crippen MR) is 53.3 cm³/mol. The van der Waals surface area contributed by atoms with Crippen LogP contribution in [-0.4, -0.2) is 12.3 Å². The van der Waals surface area contributed by atoms with Crippen LogP contribution >= 0.6 is 12.2 Å². The van der Waals surface area contributed by atoms with E-state index in [9.17, 15) is 4.39 Å². The summed E-state index contributed by atoms with van der Waals surface area (Å²) in [7, 11) is 1.61. The van der Waals surface area contributed by atoms with E-state index in [1.54, 1.807) is 7.05 Å². The van der Waals surface area contributed by atoms with Crippen molar-refractivity contribution < 1.29 is 4.39 Å². The summed E-state index contributed by atoms with van der Waals surface area (Å²) in [6.07, 6.45) is 0. The molecule has 12 heavy (non-hydrogen) atoms. The largest absolute Gasteiger partial charge is 0.312 e. The fraction of sp³-hybridized carbons (Fsp3) is 0.222. The van der Waals surface area contributed by atoms with Crippen LogP contribution < -0.4 is 4.90 Å². The number of hydrogen-bond donors (Lipinski definition) is 0. The van der Waals surface area contributed by atoms with E-state index in [1.165, 1.54) is 4.90 Å². The van der Waals surface area contributed by atoms with Gasteiger partial charge in [0.1, 0.15) is 0 Å². The summed E-state index contributed by atoms with van der Waals surface area (Å²) in [6.45, 7) is 1.96. The Morgan fingerprint density at radius 1 is 1.50 bits per heavy atom. The Morgan fingerprint density at radius 3 is 2.67 bits per heavy atom. The molecule has 0 aliphatic carbocycles. The average molecular weight is 183 g/mol. The first-order valence-electron chi connectivity index (χ1n) is 3.61. The van der Waals surface area contributed by atoms with Gasteiger partial charge in [-0.2, -0.15) is 4.39 Å². The summed E-state index contributed by atoms with van der Waals surface area (Å²) in [5.41, 5.74) is 1.87. The quantitative estimate of drug-likeness (QED) is 0.374. The van der Waals surface area contributed by atoms with Crippen LogP contribution in [0.2, 0.25) is 0 Å². The Kier molecular flexibility index (Phi) is 2.76. The average Bonchev–Trinajstić information content (AvgIpc) is 2.03. The predicted octanol–water partition coefficient (Wildman–Crippen LogP) is 2.69. The van der Waals surface area contributed by atoms with Crippen molar-refractivity contribution in [1.29, 1.82) is 0 Å². The number of hydrogen-bond acceptors (Lipinski definition) is 1. The summed E-state index contributed by atoms with van der Waals surface area (Å²) in [6, 6.07) is 7.53. The molecule has 0 N–H and O–H groups in total. The number of nitrogens with zero attached hydrogens (tertiary/aromatic N) is 1. The molecular formula is C9H10FNS. The van der Waals surface area contributed by atoms with Crippen molar-refractivity contribution in [2.24, 2.45) is 0 Å². The summed E-state index contributed by atoms with van der Waals surface area (Å²) in [5, 5.41) is -0.611. The van der Waals surface area contributed by atoms with Gasteiger partial charge in [-0.15, -0.1) is 0 Å². The number of benzene rings is 1. The zero-order valence-electron chi connectivity index (χ0n) is 7.04. The lowest BCUT2D eigenvalue weighted by atomic mass is 10.2. The zero-order valence-corrected chi connectivity index (χ0v) is 7.86. The van der Waals surface area contributed by atoms with Crippen LogP contribution in [0.5, 0.6) is 0 Å². The molecule has 0 radical (unpaired) electrons. The smallest absolute Gasteiger partial charge is 0.259 e. The first-order chi connectivity index (χ1) is 5.61. The van der Waals surface area contributed by atoms with Crippen molar-refractivity contribution in [1.82, 2.24) is 0 Å². The molecule has 1 nitrogen and oxygen atoms in total. The minimum Gasteiger partial charge on any atom is -0.312 e. The van der Waals surface area contributed by atoms with Crippen LogP contribution in [0, 0.1) is 6.92 Å². The summed E-state index contributed by atoms with van der Waals surface area (Å²) in [4.78, 5) is 1.34. The van der Waals surface area contributed by atoms with E-state index in [2.05, 4.69) is 12.2 Å². The highest BCUT2D eigenvalue weighted by molar-refractivity contribution is 7.80. The normalized spacial score (nSPS) is 9.58. The molecule has 1 aromatic rings. The van der Waals surface area contributed by atoms with E-state index in [4.69, 9.17) is 0 Å². The highest BCUT2D eigenvalue weighted by Crippen LogP contribution is 2.14. The van der Waals surface area contributed by atoms with E-state index in [1.807, 2.05) is 31.2 Å². The second-order valence-corrected chi connectivity index (χ2v) is 2.99. The third kappa shape index (κ3) is 2.01. The van der Waals surface area contributed by atoms with Crippen LogP contribution in [0.1, 0.15) is 5.56 Å². The molecule has 0 bridgehead atoms. The van der Waals surface area contributed by atoms with Gasteiger partial charge in [-0.1, -0.05) is 12.1 Å². The van der Waals surface area contributed by atoms with Gasteiger partial charge in [-0.3, -0.25) is 0 Å². The molecule has 0 saturated heterocycles. The van der Waals surface area contributed by atoms with Gasteiger partial charge >= 0.3 is 0 Å². The van der Waals surface area contributed by atoms with Crippen LogP contribution in [0.4, 0.5) is 10.1 Å². The van der Waals surface area contributed by atoms with Crippen molar-refractivity contribution in [2.75, 3.05) is 11.9 Å². The van der Waals surface area contributed by atoms with Crippen molar-refractivity contribution >= 4 is 23.1 Å². The molecule has 0 atom stereocenters. The van der Waals surface area contributed by atoms with Crippen molar-refractivity contribution in [3.8, 4) is 0 Å². The fourth-order valence-corrected chi connectivity index (χ4v) is 1.04. The molecule has 0 heterocycles. The van der Waals surface area contributed by atoms with E-state index >= 15 is 0 Å². The van der Waals surface area contributed by atoms with Gasteiger partial charge in [0.15, 0.2) is 0 Å². The fourth-order valence-electron chi connectivity index (χ4n) is 0.938. The highest BCUT2D eigenvalue weighted by Gasteiger charge is 2.04. The number of halogens is 1. The molecule has 0 spiro atoms. The Bertz CT molecular complexity index is 298. The maximum atomic E-state index is 12.6. The summed E-state index contributed by atoms with van der Waals surface area (Å²) in [5.74, 6) is 0. The second-order valence-electron chi connectivity index (χ2n) is 2.65. The van der Waals surface area contributed by atoms with Gasteiger partial charge < -0.3 is 4.90 Å². The van der Waals surface area contributed by atoms with Crippen molar-refractivity contribution in [3.63, 3.8) is 0 Å². The van der Waals surface area contributed by atoms with Crippen LogP contribution in [0.3, 0.4) is 0 Å². The lowest BCUT2D eigenvalue weighted by Crippen LogP contribution is -2.19. The molecule has 0 aliphatic heterocycles. The van der Waals surface area contributed by atoms with E-state index in [0.29, 0.717) is 0 Å². The van der Waals surface area contributed by atoms with E-state index in [0.717, 1.165) is 11.3 Å². The lowest BCUT2D eigenvalue weighted by molar-refractivity contribution is 0.800. The number of rotatable bonds is 1. The maximum Gasteiger partial charge on any atom is 0.259 e. The van der Waals surface area contributed by atoms with Gasteiger partial charge in [0.25, 0.3) is 5.24 Å². The molecule has 64 valence electrons. The van der Waals surface area contributed by atoms with E-state index < -0.39 is 5.24 Å². The van der Waals surface area contributed by atoms with Gasteiger partial charge in [0.05, 0.1) is 0 Å². The Labute approximate surface area is 76.8 Å². The Hall–Kier alpha value is -0.960. The third-order valence-corrected chi connectivity index (χ3v) is 1.93. The Balaban J connectivity index is 2.95. The molecule has 0 saturated carbocycles. The lowest BCUT2D eigenvalue weighted by Gasteiger charge is -2.14. The van der Waals surface area contributed by atoms with Crippen molar-refractivity contribution in [2.45, 2.75) is 6.92 Å². The molecule has 3 heteroatoms. The molecule has 1 rings (SSSR count). The summed E-state index contributed by atoms with van der Waals surface area (Å²) >= 11 is 4.40. The highest BCUT2D eigenvalue weighted by atomic mass is 32.1. The first-order valence-corrected chi connectivity index (χ1v) is 4.02. The molecule has 0 fully saturated rings. The van der Waals surface area contributed by atoms with Crippen LogP contribution in [0.25, 0.3) is 0 Å². The monoisotopic (exact) mass is 183 g/mol. The molecule has 0 aromatic heterocycles. The second kappa shape index (κ2) is 3.63. The zero-order chi connectivity index (χ0) is 9.14. The topological polar surface area (TPSA) is 3.24 Å². The minimum absolute atomic E-state index is 0.611. The third-order valence-electron chi connectivity index (χ3n) is 1.65. The van der Waals surface area contributed by atoms with Crippen LogP contribution in [0.15, 0.2) is 24.3 Å². The van der Waals surface area contributed by atoms with Gasteiger partial charge in [0, 0.05) is 12.7 Å². The maximum absolute atomic E-state index is 12.6. The summed E-state index contributed by atoms with van der Waals surface area (Å²) < 4.78 is 12.6.